The van der Waals surface area contributed by atoms with Gasteiger partial charge in [0.15, 0.2) is 5.96 Å². The zero-order valence-electron chi connectivity index (χ0n) is 18.0. The normalized spacial score (nSPS) is 21.9. The van der Waals surface area contributed by atoms with E-state index in [1.54, 1.807) is 0 Å². The molecule has 1 saturated carbocycles. The molecule has 8 heteroatoms. The molecule has 0 radical (unpaired) electrons. The van der Waals surface area contributed by atoms with Crippen LogP contribution in [0.1, 0.15) is 55.6 Å². The van der Waals surface area contributed by atoms with Crippen LogP contribution in [0.4, 0.5) is 0 Å². The van der Waals surface area contributed by atoms with Crippen LogP contribution in [0.2, 0.25) is 0 Å². The summed E-state index contributed by atoms with van der Waals surface area (Å²) in [6.07, 6.45) is 10.5. The number of guanidine groups is 1. The highest BCUT2D eigenvalue weighted by atomic mass is 127. The first-order valence-corrected chi connectivity index (χ1v) is 11.8. The Morgan fingerprint density at radius 1 is 1.37 bits per heavy atom. The van der Waals surface area contributed by atoms with Gasteiger partial charge >= 0.3 is 0 Å². The molecule has 2 fully saturated rings. The van der Waals surface area contributed by atoms with Crippen molar-refractivity contribution in [2.45, 2.75) is 50.5 Å². The van der Waals surface area contributed by atoms with Gasteiger partial charge in [-0.3, -0.25) is 9.67 Å². The molecule has 4 rings (SSSR count). The quantitative estimate of drug-likeness (QED) is 0.347. The van der Waals surface area contributed by atoms with Gasteiger partial charge in [-0.15, -0.1) is 35.3 Å². The Morgan fingerprint density at radius 3 is 2.87 bits per heavy atom. The van der Waals surface area contributed by atoms with E-state index in [0.717, 1.165) is 37.7 Å². The van der Waals surface area contributed by atoms with Crippen molar-refractivity contribution in [3.8, 4) is 0 Å². The smallest absolute Gasteiger partial charge is 0.194 e. The molecular weight excluding hydrogens is 509 g/mol. The Hall–Kier alpha value is -1.13. The Labute approximate surface area is 201 Å². The average molecular weight is 544 g/mol. The van der Waals surface area contributed by atoms with E-state index in [2.05, 4.69) is 39.8 Å². The number of rotatable bonds is 5. The molecule has 0 amide bonds. The van der Waals surface area contributed by atoms with Crippen molar-refractivity contribution in [3.05, 3.63) is 40.3 Å². The van der Waals surface area contributed by atoms with Crippen molar-refractivity contribution >= 4 is 41.3 Å². The van der Waals surface area contributed by atoms with Gasteiger partial charge < -0.3 is 15.0 Å². The lowest BCUT2D eigenvalue weighted by atomic mass is 9.73. The molecule has 2 aliphatic rings. The fourth-order valence-electron chi connectivity index (χ4n) is 4.59. The van der Waals surface area contributed by atoms with Gasteiger partial charge in [-0.05, 0) is 31.2 Å². The van der Waals surface area contributed by atoms with E-state index in [0.29, 0.717) is 6.61 Å². The third-order valence-electron chi connectivity index (χ3n) is 6.18. The van der Waals surface area contributed by atoms with E-state index in [1.807, 2.05) is 35.5 Å². The first-order valence-electron chi connectivity index (χ1n) is 10.9. The summed E-state index contributed by atoms with van der Waals surface area (Å²) in [6, 6.07) is 4.50. The largest absolute Gasteiger partial charge is 0.370 e. The van der Waals surface area contributed by atoms with E-state index in [4.69, 9.17) is 9.73 Å². The highest BCUT2D eigenvalue weighted by molar-refractivity contribution is 14.0. The predicted octanol–water partition coefficient (Wildman–Crippen LogP) is 4.34. The SMILES string of the molecule is CCNC(=NCC1(c2cccs2)CCCCC1)N1CCOC(c2cnn(C)c2)C1.I. The third-order valence-corrected chi connectivity index (χ3v) is 7.30. The van der Waals surface area contributed by atoms with E-state index >= 15 is 0 Å². The lowest BCUT2D eigenvalue weighted by Gasteiger charge is -2.37. The molecule has 2 aromatic heterocycles. The van der Waals surface area contributed by atoms with E-state index in [-0.39, 0.29) is 35.5 Å². The second-order valence-corrected chi connectivity index (χ2v) is 9.19. The molecule has 1 unspecified atom stereocenters. The van der Waals surface area contributed by atoms with Crippen LogP contribution in [-0.4, -0.2) is 53.4 Å². The van der Waals surface area contributed by atoms with Gasteiger partial charge in [0.05, 0.1) is 25.9 Å². The van der Waals surface area contributed by atoms with E-state index in [9.17, 15) is 0 Å². The van der Waals surface area contributed by atoms with Gasteiger partial charge in [0.2, 0.25) is 0 Å². The molecule has 0 spiro atoms. The van der Waals surface area contributed by atoms with Crippen LogP contribution in [0, 0.1) is 0 Å². The fourth-order valence-corrected chi connectivity index (χ4v) is 5.57. The van der Waals surface area contributed by atoms with Crippen molar-refractivity contribution in [1.29, 1.82) is 0 Å². The van der Waals surface area contributed by atoms with Gasteiger partial charge in [0, 0.05) is 42.2 Å². The minimum absolute atomic E-state index is 0. The molecule has 0 bridgehead atoms. The van der Waals surface area contributed by atoms with Crippen molar-refractivity contribution in [2.24, 2.45) is 12.0 Å². The standard InChI is InChI=1S/C22H33N5OS.HI/c1-3-23-21(27-11-12-28-19(16-27)18-14-25-26(2)15-18)24-17-22(9-5-4-6-10-22)20-8-7-13-29-20;/h7-8,13-15,19H,3-6,9-12,16-17H2,1-2H3,(H,23,24);1H. The summed E-state index contributed by atoms with van der Waals surface area (Å²) in [5.41, 5.74) is 1.35. The average Bonchev–Trinajstić information content (AvgIpc) is 3.44. The van der Waals surface area contributed by atoms with Gasteiger partial charge in [0.25, 0.3) is 0 Å². The number of hydrogen-bond donors (Lipinski definition) is 1. The number of morpholine rings is 1. The monoisotopic (exact) mass is 543 g/mol. The first kappa shape index (κ1) is 23.5. The molecule has 166 valence electrons. The number of ether oxygens (including phenoxy) is 1. The number of hydrogen-bond acceptors (Lipinski definition) is 4. The molecule has 1 atom stereocenters. The van der Waals surface area contributed by atoms with Crippen LogP contribution in [0.3, 0.4) is 0 Å². The van der Waals surface area contributed by atoms with E-state index in [1.165, 1.54) is 37.0 Å². The van der Waals surface area contributed by atoms with Crippen molar-refractivity contribution in [1.82, 2.24) is 20.0 Å². The third kappa shape index (κ3) is 5.37. The molecule has 2 aromatic rings. The Balaban J connectivity index is 0.00000256. The zero-order valence-corrected chi connectivity index (χ0v) is 21.2. The minimum atomic E-state index is 0. The van der Waals surface area contributed by atoms with Gasteiger partial charge in [-0.2, -0.15) is 5.10 Å². The highest BCUT2D eigenvalue weighted by Crippen LogP contribution is 2.41. The van der Waals surface area contributed by atoms with Gasteiger partial charge in [-0.1, -0.05) is 25.3 Å². The summed E-state index contributed by atoms with van der Waals surface area (Å²) >= 11 is 1.90. The van der Waals surface area contributed by atoms with Crippen LogP contribution >= 0.6 is 35.3 Å². The van der Waals surface area contributed by atoms with Gasteiger partial charge in [-0.25, -0.2) is 0 Å². The summed E-state index contributed by atoms with van der Waals surface area (Å²) in [5.74, 6) is 1.02. The molecule has 6 nitrogen and oxygen atoms in total. The Morgan fingerprint density at radius 2 is 2.20 bits per heavy atom. The molecule has 1 aliphatic heterocycles. The first-order chi connectivity index (χ1) is 14.2. The lowest BCUT2D eigenvalue weighted by molar-refractivity contribution is -0.00808. The molecule has 1 N–H and O–H groups in total. The minimum Gasteiger partial charge on any atom is -0.370 e. The number of halogens is 1. The summed E-state index contributed by atoms with van der Waals surface area (Å²) in [6.45, 7) is 6.27. The predicted molar refractivity (Wildman–Crippen MR) is 134 cm³/mol. The molecule has 30 heavy (non-hydrogen) atoms. The van der Waals surface area contributed by atoms with Crippen LogP contribution in [0.15, 0.2) is 34.9 Å². The van der Waals surface area contributed by atoms with Crippen LogP contribution in [0.5, 0.6) is 0 Å². The van der Waals surface area contributed by atoms with Crippen LogP contribution in [0.25, 0.3) is 0 Å². The van der Waals surface area contributed by atoms with Crippen LogP contribution in [-0.2, 0) is 17.2 Å². The molecule has 1 saturated heterocycles. The summed E-state index contributed by atoms with van der Waals surface area (Å²) in [5, 5.41) is 10.1. The summed E-state index contributed by atoms with van der Waals surface area (Å²) in [4.78, 5) is 9.05. The fraction of sp³-hybridized carbons (Fsp3) is 0.636. The number of nitrogens with zero attached hydrogens (tertiary/aromatic N) is 4. The highest BCUT2D eigenvalue weighted by Gasteiger charge is 2.35. The van der Waals surface area contributed by atoms with Gasteiger partial charge in [0.1, 0.15) is 6.10 Å². The maximum absolute atomic E-state index is 6.03. The molecule has 3 heterocycles. The molecule has 0 aromatic carbocycles. The zero-order chi connectivity index (χ0) is 20.1. The second-order valence-electron chi connectivity index (χ2n) is 8.24. The number of nitrogens with one attached hydrogen (secondary N) is 1. The number of aliphatic imine (C=N–C) groups is 1. The lowest BCUT2D eigenvalue weighted by Crippen LogP contribution is -2.48. The summed E-state index contributed by atoms with van der Waals surface area (Å²) in [7, 11) is 1.95. The van der Waals surface area contributed by atoms with Crippen molar-refractivity contribution in [2.75, 3.05) is 32.8 Å². The summed E-state index contributed by atoms with van der Waals surface area (Å²) < 4.78 is 7.87. The number of aromatic nitrogens is 2. The van der Waals surface area contributed by atoms with Crippen molar-refractivity contribution < 1.29 is 4.74 Å². The van der Waals surface area contributed by atoms with E-state index < -0.39 is 0 Å². The maximum atomic E-state index is 6.03. The number of thiophene rings is 1. The van der Waals surface area contributed by atoms with Crippen molar-refractivity contribution in [3.63, 3.8) is 0 Å². The second kappa shape index (κ2) is 10.9. The Bertz CT molecular complexity index is 800. The molecule has 1 aliphatic carbocycles. The van der Waals surface area contributed by atoms with Crippen LogP contribution < -0.4 is 5.32 Å². The topological polar surface area (TPSA) is 54.7 Å². The number of aryl methyl sites for hydroxylation is 1. The Kier molecular flexibility index (Phi) is 8.59. The molecular formula is C22H34IN5OS. The maximum Gasteiger partial charge on any atom is 0.194 e.